The minimum atomic E-state index is 0.735. The Morgan fingerprint density at radius 1 is 0.625 bits per heavy atom. The summed E-state index contributed by atoms with van der Waals surface area (Å²) in [6.45, 7) is 0. The lowest BCUT2D eigenvalue weighted by Gasteiger charge is -2.09. The van der Waals surface area contributed by atoms with Crippen LogP contribution in [0.1, 0.15) is 11.1 Å². The fourth-order valence-electron chi connectivity index (χ4n) is 2.75. The summed E-state index contributed by atoms with van der Waals surface area (Å²) in [5.41, 5.74) is 7.24. The molecule has 24 heavy (non-hydrogen) atoms. The van der Waals surface area contributed by atoms with Crippen molar-refractivity contribution in [3.63, 3.8) is 0 Å². The standard InChI is InChI=1S/C21H20OS2/c1-22-21-8-6-18(7-9-21)17-2-4-19(5-3-17)20-11-15(13-23)10-16(12-20)14-24/h2-12,23-24H,13-14H2,1H3. The highest BCUT2D eigenvalue weighted by atomic mass is 32.1. The van der Waals surface area contributed by atoms with Crippen LogP contribution >= 0.6 is 25.3 Å². The zero-order valence-electron chi connectivity index (χ0n) is 13.6. The van der Waals surface area contributed by atoms with E-state index in [0.29, 0.717) is 0 Å². The van der Waals surface area contributed by atoms with Crippen LogP contribution in [0.15, 0.2) is 66.7 Å². The maximum atomic E-state index is 5.21. The van der Waals surface area contributed by atoms with Gasteiger partial charge in [-0.2, -0.15) is 25.3 Å². The monoisotopic (exact) mass is 352 g/mol. The van der Waals surface area contributed by atoms with E-state index < -0.39 is 0 Å². The molecule has 0 saturated heterocycles. The lowest BCUT2D eigenvalue weighted by Crippen LogP contribution is -1.88. The summed E-state index contributed by atoms with van der Waals surface area (Å²) < 4.78 is 5.21. The molecule has 1 nitrogen and oxygen atoms in total. The van der Waals surface area contributed by atoms with Crippen molar-refractivity contribution in [2.75, 3.05) is 7.11 Å². The van der Waals surface area contributed by atoms with Crippen molar-refractivity contribution >= 4 is 25.3 Å². The highest BCUT2D eigenvalue weighted by molar-refractivity contribution is 7.79. The molecule has 3 heteroatoms. The molecule has 0 spiro atoms. The molecule has 0 aromatic heterocycles. The number of benzene rings is 3. The lowest BCUT2D eigenvalue weighted by molar-refractivity contribution is 0.415. The van der Waals surface area contributed by atoms with Gasteiger partial charge in [-0.25, -0.2) is 0 Å². The highest BCUT2D eigenvalue weighted by Gasteiger charge is 2.04. The first kappa shape index (κ1) is 17.0. The molecule has 0 fully saturated rings. The molecule has 3 rings (SSSR count). The van der Waals surface area contributed by atoms with Gasteiger partial charge >= 0.3 is 0 Å². The van der Waals surface area contributed by atoms with Crippen molar-refractivity contribution in [1.29, 1.82) is 0 Å². The summed E-state index contributed by atoms with van der Waals surface area (Å²) in [5.74, 6) is 2.34. The first-order valence-electron chi connectivity index (χ1n) is 7.83. The van der Waals surface area contributed by atoms with Gasteiger partial charge in [0.2, 0.25) is 0 Å². The molecular weight excluding hydrogens is 332 g/mol. The molecule has 122 valence electrons. The van der Waals surface area contributed by atoms with Crippen LogP contribution in [-0.2, 0) is 11.5 Å². The lowest BCUT2D eigenvalue weighted by atomic mass is 9.98. The number of methoxy groups -OCH3 is 1. The molecule has 0 atom stereocenters. The Morgan fingerprint density at radius 2 is 1.04 bits per heavy atom. The Kier molecular flexibility index (Phi) is 5.54. The quantitative estimate of drug-likeness (QED) is 0.545. The highest BCUT2D eigenvalue weighted by Crippen LogP contribution is 2.28. The zero-order chi connectivity index (χ0) is 16.9. The first-order chi connectivity index (χ1) is 11.7. The molecular formula is C21H20OS2. The Labute approximate surface area is 154 Å². The number of rotatable bonds is 5. The molecule has 0 aliphatic rings. The maximum Gasteiger partial charge on any atom is 0.118 e. The van der Waals surface area contributed by atoms with Gasteiger partial charge in [0.05, 0.1) is 7.11 Å². The van der Waals surface area contributed by atoms with Crippen LogP contribution in [0.25, 0.3) is 22.3 Å². The Morgan fingerprint density at radius 3 is 1.46 bits per heavy atom. The van der Waals surface area contributed by atoms with Gasteiger partial charge < -0.3 is 4.74 Å². The van der Waals surface area contributed by atoms with E-state index in [2.05, 4.69) is 79.9 Å². The zero-order valence-corrected chi connectivity index (χ0v) is 15.4. The van der Waals surface area contributed by atoms with Gasteiger partial charge in [-0.05, 0) is 45.5 Å². The molecule has 0 bridgehead atoms. The van der Waals surface area contributed by atoms with E-state index in [1.165, 1.54) is 33.4 Å². The topological polar surface area (TPSA) is 9.23 Å². The minimum absolute atomic E-state index is 0.735. The van der Waals surface area contributed by atoms with E-state index in [1.54, 1.807) is 7.11 Å². The SMILES string of the molecule is COc1ccc(-c2ccc(-c3cc(CS)cc(CS)c3)cc2)cc1. The number of hydrogen-bond donors (Lipinski definition) is 2. The van der Waals surface area contributed by atoms with Gasteiger partial charge in [-0.1, -0.05) is 54.6 Å². The fraction of sp³-hybridized carbons (Fsp3) is 0.143. The van der Waals surface area contributed by atoms with E-state index in [0.717, 1.165) is 17.3 Å². The third-order valence-corrected chi connectivity index (χ3v) is 4.79. The third kappa shape index (κ3) is 3.80. The van der Waals surface area contributed by atoms with Gasteiger partial charge in [0.1, 0.15) is 5.75 Å². The Hall–Kier alpha value is -1.84. The Bertz CT molecular complexity index is 786. The minimum Gasteiger partial charge on any atom is -0.497 e. The Balaban J connectivity index is 1.91. The first-order valence-corrected chi connectivity index (χ1v) is 9.09. The van der Waals surface area contributed by atoms with E-state index in [9.17, 15) is 0 Å². The molecule has 0 heterocycles. The van der Waals surface area contributed by atoms with Gasteiger partial charge in [-0.3, -0.25) is 0 Å². The maximum absolute atomic E-state index is 5.21. The van der Waals surface area contributed by atoms with Crippen molar-refractivity contribution in [3.05, 3.63) is 77.9 Å². The predicted molar refractivity (Wildman–Crippen MR) is 109 cm³/mol. The predicted octanol–water partition coefficient (Wildman–Crippen LogP) is 5.89. The van der Waals surface area contributed by atoms with E-state index in [-0.39, 0.29) is 0 Å². The molecule has 0 radical (unpaired) electrons. The molecule has 0 saturated carbocycles. The average Bonchev–Trinajstić information content (AvgIpc) is 2.67. The molecule has 0 amide bonds. The van der Waals surface area contributed by atoms with Crippen molar-refractivity contribution in [2.24, 2.45) is 0 Å². The summed E-state index contributed by atoms with van der Waals surface area (Å²) in [6, 6.07) is 23.3. The number of ether oxygens (including phenoxy) is 1. The van der Waals surface area contributed by atoms with Crippen LogP contribution in [0.2, 0.25) is 0 Å². The van der Waals surface area contributed by atoms with Crippen molar-refractivity contribution in [1.82, 2.24) is 0 Å². The van der Waals surface area contributed by atoms with E-state index >= 15 is 0 Å². The smallest absolute Gasteiger partial charge is 0.118 e. The summed E-state index contributed by atoms with van der Waals surface area (Å²) in [6.07, 6.45) is 0. The second-order valence-corrected chi connectivity index (χ2v) is 6.29. The summed E-state index contributed by atoms with van der Waals surface area (Å²) >= 11 is 8.80. The van der Waals surface area contributed by atoms with Crippen LogP contribution in [0.4, 0.5) is 0 Å². The fourth-order valence-corrected chi connectivity index (χ4v) is 3.12. The average molecular weight is 353 g/mol. The molecule has 0 unspecified atom stereocenters. The van der Waals surface area contributed by atoms with Crippen LogP contribution in [-0.4, -0.2) is 7.11 Å². The van der Waals surface area contributed by atoms with Gasteiger partial charge in [-0.15, -0.1) is 0 Å². The van der Waals surface area contributed by atoms with Crippen molar-refractivity contribution in [2.45, 2.75) is 11.5 Å². The van der Waals surface area contributed by atoms with Gasteiger partial charge in [0.15, 0.2) is 0 Å². The number of thiol groups is 2. The molecule has 0 aliphatic carbocycles. The third-order valence-electron chi connectivity index (χ3n) is 4.06. The van der Waals surface area contributed by atoms with Crippen LogP contribution in [0.5, 0.6) is 5.75 Å². The number of hydrogen-bond acceptors (Lipinski definition) is 3. The second kappa shape index (κ2) is 7.82. The second-order valence-electron chi connectivity index (χ2n) is 5.66. The van der Waals surface area contributed by atoms with Gasteiger partial charge in [0.25, 0.3) is 0 Å². The summed E-state index contributed by atoms with van der Waals surface area (Å²) in [4.78, 5) is 0. The van der Waals surface area contributed by atoms with Crippen molar-refractivity contribution in [3.8, 4) is 28.0 Å². The van der Waals surface area contributed by atoms with E-state index in [1.807, 2.05) is 12.1 Å². The summed E-state index contributed by atoms with van der Waals surface area (Å²) in [7, 11) is 1.68. The molecule has 3 aromatic carbocycles. The van der Waals surface area contributed by atoms with E-state index in [4.69, 9.17) is 4.74 Å². The van der Waals surface area contributed by atoms with Gasteiger partial charge in [0, 0.05) is 11.5 Å². The normalized spacial score (nSPS) is 10.6. The molecule has 0 N–H and O–H groups in total. The largest absolute Gasteiger partial charge is 0.497 e. The van der Waals surface area contributed by atoms with Crippen LogP contribution in [0, 0.1) is 0 Å². The molecule has 3 aromatic rings. The van der Waals surface area contributed by atoms with Crippen LogP contribution < -0.4 is 4.74 Å². The molecule has 0 aliphatic heterocycles. The van der Waals surface area contributed by atoms with Crippen LogP contribution in [0.3, 0.4) is 0 Å². The van der Waals surface area contributed by atoms with Crippen molar-refractivity contribution < 1.29 is 4.74 Å². The summed E-state index contributed by atoms with van der Waals surface area (Å²) in [5, 5.41) is 0.